The molecule has 2 N–H and O–H groups in total. The van der Waals surface area contributed by atoms with Gasteiger partial charge in [0.1, 0.15) is 17.3 Å². The third-order valence-corrected chi connectivity index (χ3v) is 7.14. The van der Waals surface area contributed by atoms with Gasteiger partial charge in [-0.1, -0.05) is 26.8 Å². The molecule has 180 valence electrons. The van der Waals surface area contributed by atoms with Gasteiger partial charge in [-0.05, 0) is 55.4 Å². The van der Waals surface area contributed by atoms with E-state index in [0.717, 1.165) is 24.1 Å². The van der Waals surface area contributed by atoms with E-state index in [-0.39, 0.29) is 34.7 Å². The smallest absolute Gasteiger partial charge is 0.323 e. The van der Waals surface area contributed by atoms with E-state index in [1.165, 1.54) is 24.4 Å². The SMILES string of the molecule is CCN(C[C@@]1(C(C)C)CC[C@H](C)c2cc(-c3c(F)cccc3F)nnc21)C(=O)c1c[nH]c(=O)[nH]1. The van der Waals surface area contributed by atoms with Crippen LogP contribution in [0.4, 0.5) is 8.78 Å². The predicted octanol–water partition coefficient (Wildman–Crippen LogP) is 4.39. The lowest BCUT2D eigenvalue weighted by Gasteiger charge is -2.45. The third kappa shape index (κ3) is 4.03. The zero-order valence-electron chi connectivity index (χ0n) is 19.8. The maximum absolute atomic E-state index is 14.4. The van der Waals surface area contributed by atoms with Crippen LogP contribution < -0.4 is 5.69 Å². The monoisotopic (exact) mass is 469 g/mol. The van der Waals surface area contributed by atoms with Crippen LogP contribution in [0.2, 0.25) is 0 Å². The zero-order valence-corrected chi connectivity index (χ0v) is 19.8. The number of H-pyrrole nitrogens is 2. The Bertz CT molecular complexity index is 1250. The normalized spacial score (nSPS) is 19.8. The summed E-state index contributed by atoms with van der Waals surface area (Å²) in [4.78, 5) is 31.3. The van der Waals surface area contributed by atoms with Crippen molar-refractivity contribution in [2.75, 3.05) is 13.1 Å². The van der Waals surface area contributed by atoms with E-state index >= 15 is 0 Å². The number of aromatic nitrogens is 4. The number of imidazole rings is 1. The maximum Gasteiger partial charge on any atom is 0.323 e. The van der Waals surface area contributed by atoms with Crippen LogP contribution in [-0.2, 0) is 5.41 Å². The minimum Gasteiger partial charge on any atom is -0.337 e. The van der Waals surface area contributed by atoms with E-state index in [2.05, 4.69) is 40.9 Å². The Hall–Kier alpha value is -3.36. The Balaban J connectivity index is 1.78. The molecule has 0 spiro atoms. The fourth-order valence-electron chi connectivity index (χ4n) is 4.97. The molecule has 1 aliphatic rings. The van der Waals surface area contributed by atoms with Gasteiger partial charge < -0.3 is 14.9 Å². The molecule has 0 saturated heterocycles. The molecular weight excluding hydrogens is 440 g/mol. The lowest BCUT2D eigenvalue weighted by atomic mass is 9.63. The van der Waals surface area contributed by atoms with Gasteiger partial charge in [0, 0.05) is 24.7 Å². The van der Waals surface area contributed by atoms with Crippen molar-refractivity contribution in [2.45, 2.75) is 51.9 Å². The fourth-order valence-corrected chi connectivity index (χ4v) is 4.97. The zero-order chi connectivity index (χ0) is 24.6. The molecule has 0 saturated carbocycles. The maximum atomic E-state index is 14.4. The number of likely N-dealkylation sites (N-methyl/N-ethyl adjacent to an activating group) is 1. The molecule has 3 aromatic rings. The van der Waals surface area contributed by atoms with E-state index in [1.807, 2.05) is 6.92 Å². The van der Waals surface area contributed by atoms with Gasteiger partial charge in [0.25, 0.3) is 5.91 Å². The second kappa shape index (κ2) is 9.12. The van der Waals surface area contributed by atoms with Crippen molar-refractivity contribution < 1.29 is 13.6 Å². The van der Waals surface area contributed by atoms with Crippen LogP contribution in [0.25, 0.3) is 11.3 Å². The van der Waals surface area contributed by atoms with Crippen LogP contribution in [-0.4, -0.2) is 44.1 Å². The summed E-state index contributed by atoms with van der Waals surface area (Å²) in [5.41, 5.74) is 0.896. The van der Waals surface area contributed by atoms with Crippen molar-refractivity contribution in [3.05, 3.63) is 69.5 Å². The summed E-state index contributed by atoms with van der Waals surface area (Å²) in [6.07, 6.45) is 3.00. The van der Waals surface area contributed by atoms with Gasteiger partial charge in [-0.2, -0.15) is 10.2 Å². The molecule has 7 nitrogen and oxygen atoms in total. The summed E-state index contributed by atoms with van der Waals surface area (Å²) < 4.78 is 28.9. The summed E-state index contributed by atoms with van der Waals surface area (Å²) in [6.45, 7) is 8.95. The fraction of sp³-hybridized carbons (Fsp3) is 0.440. The van der Waals surface area contributed by atoms with Gasteiger partial charge in [-0.25, -0.2) is 13.6 Å². The van der Waals surface area contributed by atoms with Gasteiger partial charge in [-0.15, -0.1) is 0 Å². The molecule has 2 aromatic heterocycles. The predicted molar refractivity (Wildman–Crippen MR) is 125 cm³/mol. The van der Waals surface area contributed by atoms with Crippen molar-refractivity contribution in [1.82, 2.24) is 25.1 Å². The van der Waals surface area contributed by atoms with Crippen molar-refractivity contribution >= 4 is 5.91 Å². The molecule has 2 atom stereocenters. The van der Waals surface area contributed by atoms with Gasteiger partial charge in [0.2, 0.25) is 0 Å². The van der Waals surface area contributed by atoms with E-state index in [4.69, 9.17) is 0 Å². The first-order chi connectivity index (χ1) is 16.2. The molecule has 2 heterocycles. The minimum atomic E-state index is -0.684. The van der Waals surface area contributed by atoms with Gasteiger partial charge >= 0.3 is 5.69 Å². The van der Waals surface area contributed by atoms with Crippen molar-refractivity contribution in [2.24, 2.45) is 5.92 Å². The van der Waals surface area contributed by atoms with E-state index in [1.54, 1.807) is 11.0 Å². The molecule has 1 amide bonds. The Labute approximate surface area is 196 Å². The number of carbonyl (C=O) groups is 1. The number of fused-ring (bicyclic) bond motifs is 1. The minimum absolute atomic E-state index is 0.108. The first kappa shape index (κ1) is 23.8. The van der Waals surface area contributed by atoms with Gasteiger partial charge in [0.05, 0.1) is 17.0 Å². The largest absolute Gasteiger partial charge is 0.337 e. The number of amides is 1. The highest BCUT2D eigenvalue weighted by atomic mass is 19.1. The van der Waals surface area contributed by atoms with Crippen LogP contribution in [0.15, 0.2) is 35.3 Å². The van der Waals surface area contributed by atoms with Crippen LogP contribution >= 0.6 is 0 Å². The first-order valence-corrected chi connectivity index (χ1v) is 11.6. The van der Waals surface area contributed by atoms with Crippen molar-refractivity contribution in [3.8, 4) is 11.3 Å². The Kier molecular flexibility index (Phi) is 6.38. The highest BCUT2D eigenvalue weighted by molar-refractivity contribution is 5.92. The number of hydrogen-bond donors (Lipinski definition) is 2. The van der Waals surface area contributed by atoms with Crippen LogP contribution in [0.5, 0.6) is 0 Å². The van der Waals surface area contributed by atoms with Gasteiger partial charge in [-0.3, -0.25) is 4.79 Å². The lowest BCUT2D eigenvalue weighted by molar-refractivity contribution is 0.0664. The molecule has 9 heteroatoms. The Morgan fingerprint density at radius 1 is 1.26 bits per heavy atom. The summed E-state index contributed by atoms with van der Waals surface area (Å²) in [5.74, 6) is -1.42. The number of halogens is 2. The molecule has 0 bridgehead atoms. The highest BCUT2D eigenvalue weighted by Gasteiger charge is 2.45. The molecule has 34 heavy (non-hydrogen) atoms. The number of rotatable bonds is 6. The van der Waals surface area contributed by atoms with E-state index in [9.17, 15) is 18.4 Å². The summed E-state index contributed by atoms with van der Waals surface area (Å²) in [7, 11) is 0. The summed E-state index contributed by atoms with van der Waals surface area (Å²) in [5, 5.41) is 8.79. The quantitative estimate of drug-likeness (QED) is 0.560. The molecule has 0 fully saturated rings. The number of hydrogen-bond acceptors (Lipinski definition) is 4. The topological polar surface area (TPSA) is 94.7 Å². The Morgan fingerprint density at radius 2 is 1.97 bits per heavy atom. The molecule has 1 aromatic carbocycles. The van der Waals surface area contributed by atoms with E-state index < -0.39 is 22.7 Å². The van der Waals surface area contributed by atoms with Crippen molar-refractivity contribution in [1.29, 1.82) is 0 Å². The molecule has 1 aliphatic carbocycles. The van der Waals surface area contributed by atoms with Crippen LogP contribution in [0, 0.1) is 17.6 Å². The number of nitrogens with zero attached hydrogens (tertiary/aromatic N) is 3. The van der Waals surface area contributed by atoms with E-state index in [0.29, 0.717) is 13.1 Å². The molecule has 0 unspecified atom stereocenters. The molecular formula is C25H29F2N5O2. The Morgan fingerprint density at radius 3 is 2.56 bits per heavy atom. The second-order valence-corrected chi connectivity index (χ2v) is 9.36. The molecule has 0 aliphatic heterocycles. The lowest BCUT2D eigenvalue weighted by Crippen LogP contribution is -2.49. The molecule has 0 radical (unpaired) electrons. The standard InChI is InChI=1S/C25H29F2N5O2/c1-5-32(23(33)20-12-28-24(34)29-20)13-25(14(2)3)10-9-15(4)16-11-19(30-31-22(16)25)21-17(26)7-6-8-18(21)27/h6-8,11-12,14-15H,5,9-10,13H2,1-4H3,(H2,28,29,34)/t15-,25+/m0/s1. The second-order valence-electron chi connectivity index (χ2n) is 9.36. The number of carbonyl (C=O) groups excluding carboxylic acids is 1. The van der Waals surface area contributed by atoms with Gasteiger partial charge in [0.15, 0.2) is 0 Å². The summed E-state index contributed by atoms with van der Waals surface area (Å²) >= 11 is 0. The molecule has 4 rings (SSSR count). The summed E-state index contributed by atoms with van der Waals surface area (Å²) in [6, 6.07) is 5.47. The van der Waals surface area contributed by atoms with Crippen LogP contribution in [0.1, 0.15) is 68.2 Å². The average molecular weight is 470 g/mol. The number of aromatic amines is 2. The highest BCUT2D eigenvalue weighted by Crippen LogP contribution is 2.47. The third-order valence-electron chi connectivity index (χ3n) is 7.14. The van der Waals surface area contributed by atoms with Crippen molar-refractivity contribution in [3.63, 3.8) is 0 Å². The van der Waals surface area contributed by atoms with Crippen LogP contribution in [0.3, 0.4) is 0 Å². The number of nitrogens with one attached hydrogen (secondary N) is 2. The average Bonchev–Trinajstić information content (AvgIpc) is 3.24. The first-order valence-electron chi connectivity index (χ1n) is 11.6. The number of benzene rings is 1.